The fourth-order valence-corrected chi connectivity index (χ4v) is 3.05. The summed E-state index contributed by atoms with van der Waals surface area (Å²) in [6.45, 7) is 3.26. The Bertz CT molecular complexity index is 1020. The molecule has 1 atom stereocenters. The van der Waals surface area contributed by atoms with Gasteiger partial charge in [0.2, 0.25) is 0 Å². The third-order valence-corrected chi connectivity index (χ3v) is 4.57. The molecule has 2 heterocycles. The Balaban J connectivity index is 1.93. The lowest BCUT2D eigenvalue weighted by Crippen LogP contribution is -2.31. The molecule has 0 radical (unpaired) electrons. The molecule has 4 rings (SSSR count). The topological polar surface area (TPSA) is 54.2 Å². The zero-order valence-electron chi connectivity index (χ0n) is 13.8. The summed E-state index contributed by atoms with van der Waals surface area (Å²) in [7, 11) is 1.92. The zero-order chi connectivity index (χ0) is 16.7. The molecule has 0 aliphatic heterocycles. The van der Waals surface area contributed by atoms with Crippen LogP contribution in [0.4, 0.5) is 0 Å². The van der Waals surface area contributed by atoms with Gasteiger partial charge < -0.3 is 9.67 Å². The summed E-state index contributed by atoms with van der Waals surface area (Å²) in [5.74, 6) is 0. The van der Waals surface area contributed by atoms with Crippen molar-refractivity contribution in [3.05, 3.63) is 48.5 Å². The van der Waals surface area contributed by atoms with Crippen LogP contribution in [0, 0.1) is 0 Å². The molecule has 0 saturated heterocycles. The van der Waals surface area contributed by atoms with E-state index in [0.29, 0.717) is 0 Å². The molecule has 24 heavy (non-hydrogen) atoms. The highest BCUT2D eigenvalue weighted by Gasteiger charge is 2.15. The van der Waals surface area contributed by atoms with E-state index in [4.69, 9.17) is 9.97 Å². The lowest BCUT2D eigenvalue weighted by molar-refractivity contribution is 0.0366. The SMILES string of the molecule is CC(O)N(C)CCn1c2ccccc2c2nc3ccccc3nc21. The highest BCUT2D eigenvalue weighted by Crippen LogP contribution is 2.28. The summed E-state index contributed by atoms with van der Waals surface area (Å²) in [5.41, 5.74) is 4.77. The largest absolute Gasteiger partial charge is 0.379 e. The number of aliphatic hydroxyl groups is 1. The lowest BCUT2D eigenvalue weighted by atomic mass is 10.2. The molecule has 0 fully saturated rings. The molecular formula is C19H20N4O. The molecule has 5 nitrogen and oxygen atoms in total. The Hall–Kier alpha value is -2.50. The van der Waals surface area contributed by atoms with Crippen LogP contribution in [-0.2, 0) is 6.54 Å². The molecule has 4 aromatic rings. The van der Waals surface area contributed by atoms with Crippen molar-refractivity contribution in [3.8, 4) is 0 Å². The first-order chi connectivity index (χ1) is 11.6. The van der Waals surface area contributed by atoms with Crippen LogP contribution in [0.2, 0.25) is 0 Å². The van der Waals surface area contributed by atoms with Crippen LogP contribution < -0.4 is 0 Å². The summed E-state index contributed by atoms with van der Waals surface area (Å²) >= 11 is 0. The Labute approximate surface area is 140 Å². The smallest absolute Gasteiger partial charge is 0.160 e. The fraction of sp³-hybridized carbons (Fsp3) is 0.263. The van der Waals surface area contributed by atoms with Crippen molar-refractivity contribution < 1.29 is 5.11 Å². The summed E-state index contributed by atoms with van der Waals surface area (Å²) in [4.78, 5) is 11.6. The third-order valence-electron chi connectivity index (χ3n) is 4.57. The summed E-state index contributed by atoms with van der Waals surface area (Å²) in [5, 5.41) is 10.8. The van der Waals surface area contributed by atoms with Crippen LogP contribution >= 0.6 is 0 Å². The van der Waals surface area contributed by atoms with Gasteiger partial charge in [0.1, 0.15) is 11.7 Å². The van der Waals surface area contributed by atoms with E-state index in [0.717, 1.165) is 46.2 Å². The minimum Gasteiger partial charge on any atom is -0.379 e. The Morgan fingerprint density at radius 1 is 1.04 bits per heavy atom. The van der Waals surface area contributed by atoms with Crippen LogP contribution in [-0.4, -0.2) is 44.4 Å². The van der Waals surface area contributed by atoms with Gasteiger partial charge in [-0.05, 0) is 32.2 Å². The van der Waals surface area contributed by atoms with Crippen molar-refractivity contribution in [2.24, 2.45) is 0 Å². The Morgan fingerprint density at radius 2 is 1.71 bits per heavy atom. The number of aliphatic hydroxyl groups excluding tert-OH is 1. The average molecular weight is 320 g/mol. The molecule has 1 unspecified atom stereocenters. The molecule has 0 aliphatic rings. The van der Waals surface area contributed by atoms with Crippen molar-refractivity contribution in [3.63, 3.8) is 0 Å². The van der Waals surface area contributed by atoms with Gasteiger partial charge in [0, 0.05) is 18.5 Å². The number of fused-ring (bicyclic) bond motifs is 4. The van der Waals surface area contributed by atoms with E-state index in [1.165, 1.54) is 0 Å². The summed E-state index contributed by atoms with van der Waals surface area (Å²) in [6, 6.07) is 16.2. The minimum atomic E-state index is -0.468. The summed E-state index contributed by atoms with van der Waals surface area (Å²) < 4.78 is 2.20. The van der Waals surface area contributed by atoms with E-state index in [9.17, 15) is 5.11 Å². The van der Waals surface area contributed by atoms with Gasteiger partial charge in [-0.15, -0.1) is 0 Å². The molecule has 0 bridgehead atoms. The fourth-order valence-electron chi connectivity index (χ4n) is 3.05. The molecule has 2 aromatic carbocycles. The minimum absolute atomic E-state index is 0.468. The van der Waals surface area contributed by atoms with Crippen molar-refractivity contribution in [2.75, 3.05) is 13.6 Å². The number of nitrogens with zero attached hydrogens (tertiary/aromatic N) is 4. The average Bonchev–Trinajstić information content (AvgIpc) is 2.90. The van der Waals surface area contributed by atoms with E-state index in [1.807, 2.05) is 48.3 Å². The van der Waals surface area contributed by atoms with Crippen LogP contribution in [0.5, 0.6) is 0 Å². The van der Waals surface area contributed by atoms with Gasteiger partial charge in [-0.1, -0.05) is 30.3 Å². The number of benzene rings is 2. The van der Waals surface area contributed by atoms with E-state index in [-0.39, 0.29) is 0 Å². The Morgan fingerprint density at radius 3 is 2.46 bits per heavy atom. The van der Waals surface area contributed by atoms with Crippen LogP contribution in [0.3, 0.4) is 0 Å². The Kier molecular flexibility index (Phi) is 3.67. The second-order valence-corrected chi connectivity index (χ2v) is 6.17. The quantitative estimate of drug-likeness (QED) is 0.587. The standard InChI is InChI=1S/C19H20N4O/c1-13(24)22(2)11-12-23-17-10-6-3-7-14(17)18-19(23)21-16-9-5-4-8-15(16)20-18/h3-10,13,24H,11-12H2,1-2H3. The van der Waals surface area contributed by atoms with Gasteiger partial charge in [-0.3, -0.25) is 4.90 Å². The normalized spacial score (nSPS) is 13.3. The van der Waals surface area contributed by atoms with Crippen LogP contribution in [0.15, 0.2) is 48.5 Å². The molecule has 2 aromatic heterocycles. The number of likely N-dealkylation sites (N-methyl/N-ethyl adjacent to an activating group) is 1. The number of aromatic nitrogens is 3. The third kappa shape index (κ3) is 2.42. The van der Waals surface area contributed by atoms with Gasteiger partial charge in [0.25, 0.3) is 0 Å². The van der Waals surface area contributed by atoms with Crippen LogP contribution in [0.25, 0.3) is 33.1 Å². The maximum Gasteiger partial charge on any atom is 0.160 e. The number of hydrogen-bond donors (Lipinski definition) is 1. The first-order valence-electron chi connectivity index (χ1n) is 8.17. The number of para-hydroxylation sites is 3. The predicted octanol–water partition coefficient (Wildman–Crippen LogP) is 3.01. The predicted molar refractivity (Wildman–Crippen MR) is 96.9 cm³/mol. The first-order valence-corrected chi connectivity index (χ1v) is 8.17. The van der Waals surface area contributed by atoms with Crippen molar-refractivity contribution in [1.82, 2.24) is 19.4 Å². The highest BCUT2D eigenvalue weighted by atomic mass is 16.3. The van der Waals surface area contributed by atoms with Gasteiger partial charge in [0.15, 0.2) is 5.65 Å². The van der Waals surface area contributed by atoms with Gasteiger partial charge in [-0.25, -0.2) is 9.97 Å². The number of rotatable bonds is 4. The van der Waals surface area contributed by atoms with Gasteiger partial charge in [0.05, 0.1) is 16.6 Å². The molecule has 0 aliphatic carbocycles. The first kappa shape index (κ1) is 15.1. The second kappa shape index (κ2) is 5.85. The van der Waals surface area contributed by atoms with E-state index >= 15 is 0 Å². The van der Waals surface area contributed by atoms with Crippen molar-refractivity contribution in [1.29, 1.82) is 0 Å². The monoisotopic (exact) mass is 320 g/mol. The van der Waals surface area contributed by atoms with Crippen LogP contribution in [0.1, 0.15) is 6.92 Å². The molecule has 122 valence electrons. The molecule has 0 spiro atoms. The zero-order valence-corrected chi connectivity index (χ0v) is 13.8. The highest BCUT2D eigenvalue weighted by molar-refractivity contribution is 6.06. The lowest BCUT2D eigenvalue weighted by Gasteiger charge is -2.20. The molecular weight excluding hydrogens is 300 g/mol. The van der Waals surface area contributed by atoms with Crippen molar-refractivity contribution >= 4 is 33.1 Å². The maximum absolute atomic E-state index is 9.71. The molecule has 0 amide bonds. The van der Waals surface area contributed by atoms with Crippen molar-refractivity contribution in [2.45, 2.75) is 19.7 Å². The maximum atomic E-state index is 9.71. The molecule has 1 N–H and O–H groups in total. The number of hydrogen-bond acceptors (Lipinski definition) is 4. The van der Waals surface area contributed by atoms with Gasteiger partial charge >= 0.3 is 0 Å². The van der Waals surface area contributed by atoms with E-state index in [1.54, 1.807) is 6.92 Å². The molecule has 0 saturated carbocycles. The molecule has 5 heteroatoms. The summed E-state index contributed by atoms with van der Waals surface area (Å²) in [6.07, 6.45) is -0.468. The van der Waals surface area contributed by atoms with E-state index in [2.05, 4.69) is 16.7 Å². The second-order valence-electron chi connectivity index (χ2n) is 6.17. The van der Waals surface area contributed by atoms with E-state index < -0.39 is 6.23 Å². The van der Waals surface area contributed by atoms with Gasteiger partial charge in [-0.2, -0.15) is 0 Å².